The molecule has 0 saturated heterocycles. The van der Waals surface area contributed by atoms with E-state index in [0.717, 1.165) is 11.6 Å². The highest BCUT2D eigenvalue weighted by Gasteiger charge is 2.28. The van der Waals surface area contributed by atoms with Gasteiger partial charge in [0, 0.05) is 18.2 Å². The first-order valence-corrected chi connectivity index (χ1v) is 9.49. The van der Waals surface area contributed by atoms with Crippen LogP contribution in [0.1, 0.15) is 39.1 Å². The van der Waals surface area contributed by atoms with Gasteiger partial charge in [0.25, 0.3) is 0 Å². The summed E-state index contributed by atoms with van der Waals surface area (Å²) in [5.41, 5.74) is 1.17. The number of rotatable bonds is 5. The summed E-state index contributed by atoms with van der Waals surface area (Å²) < 4.78 is 37.0. The van der Waals surface area contributed by atoms with Gasteiger partial charge in [0.2, 0.25) is 5.88 Å². The third kappa shape index (κ3) is 3.49. The van der Waals surface area contributed by atoms with Crippen LogP contribution in [-0.4, -0.2) is 34.6 Å². The monoisotopic (exact) mass is 413 g/mol. The van der Waals surface area contributed by atoms with Crippen molar-refractivity contribution in [2.24, 2.45) is 0 Å². The molecule has 0 bridgehead atoms. The predicted molar refractivity (Wildman–Crippen MR) is 105 cm³/mol. The average molecular weight is 413 g/mol. The number of benzene rings is 1. The van der Waals surface area contributed by atoms with E-state index in [2.05, 4.69) is 25.4 Å². The summed E-state index contributed by atoms with van der Waals surface area (Å²) in [4.78, 5) is 4.22. The van der Waals surface area contributed by atoms with Gasteiger partial charge in [-0.15, -0.1) is 10.2 Å². The molecule has 10 heteroatoms. The number of halogens is 2. The van der Waals surface area contributed by atoms with E-state index in [-0.39, 0.29) is 23.4 Å². The number of fused-ring (bicyclic) bond motifs is 1. The van der Waals surface area contributed by atoms with Crippen LogP contribution in [0.5, 0.6) is 5.88 Å². The fraction of sp³-hybridized carbons (Fsp3) is 0.350. The lowest BCUT2D eigenvalue weighted by atomic mass is 9.88. The third-order valence-corrected chi connectivity index (χ3v) is 4.68. The fourth-order valence-corrected chi connectivity index (χ4v) is 3.31. The number of nitrogens with zero attached hydrogens (tertiary/aromatic N) is 7. The molecule has 156 valence electrons. The minimum absolute atomic E-state index is 0.0923. The highest BCUT2D eigenvalue weighted by atomic mass is 19.1. The predicted octanol–water partition coefficient (Wildman–Crippen LogP) is 3.56. The number of hydrogen-bond acceptors (Lipinski definition) is 6. The summed E-state index contributed by atoms with van der Waals surface area (Å²) >= 11 is 0. The van der Waals surface area contributed by atoms with Crippen molar-refractivity contribution in [1.82, 2.24) is 34.6 Å². The number of aromatic nitrogens is 7. The molecule has 0 saturated carbocycles. The minimum atomic E-state index is -0.747. The maximum Gasteiger partial charge on any atom is 0.238 e. The molecule has 0 aliphatic rings. The largest absolute Gasteiger partial charge is 0.468 e. The van der Waals surface area contributed by atoms with Crippen LogP contribution in [0, 0.1) is 11.6 Å². The van der Waals surface area contributed by atoms with Gasteiger partial charge in [-0.25, -0.2) is 23.0 Å². The van der Waals surface area contributed by atoms with E-state index in [9.17, 15) is 8.78 Å². The maximum absolute atomic E-state index is 14.4. The third-order valence-electron chi connectivity index (χ3n) is 4.68. The van der Waals surface area contributed by atoms with E-state index in [1.54, 1.807) is 10.9 Å². The van der Waals surface area contributed by atoms with Gasteiger partial charge in [-0.1, -0.05) is 20.8 Å². The van der Waals surface area contributed by atoms with Crippen LogP contribution in [0.2, 0.25) is 0 Å². The second kappa shape index (κ2) is 7.43. The summed E-state index contributed by atoms with van der Waals surface area (Å²) in [7, 11) is 0. The Morgan fingerprint density at radius 2 is 1.97 bits per heavy atom. The molecule has 4 rings (SSSR count). The minimum Gasteiger partial charge on any atom is -0.468 e. The molecule has 0 aliphatic heterocycles. The van der Waals surface area contributed by atoms with Crippen molar-refractivity contribution in [3.63, 3.8) is 0 Å². The zero-order chi connectivity index (χ0) is 21.5. The molecule has 0 N–H and O–H groups in total. The van der Waals surface area contributed by atoms with Gasteiger partial charge in [0.15, 0.2) is 11.6 Å². The summed E-state index contributed by atoms with van der Waals surface area (Å²) in [5.74, 6) is -0.233. The molecule has 0 spiro atoms. The fourth-order valence-electron chi connectivity index (χ4n) is 3.31. The van der Waals surface area contributed by atoms with Gasteiger partial charge in [-0.3, -0.25) is 0 Å². The van der Waals surface area contributed by atoms with Crippen molar-refractivity contribution < 1.29 is 13.5 Å². The number of hydrogen-bond donors (Lipinski definition) is 0. The van der Waals surface area contributed by atoms with E-state index in [1.165, 1.54) is 23.0 Å². The summed E-state index contributed by atoms with van der Waals surface area (Å²) in [6.45, 7) is 8.85. The van der Waals surface area contributed by atoms with Crippen molar-refractivity contribution in [3.05, 3.63) is 53.7 Å². The van der Waals surface area contributed by atoms with Crippen molar-refractivity contribution in [3.8, 4) is 17.3 Å². The molecule has 0 unspecified atom stereocenters. The van der Waals surface area contributed by atoms with Crippen molar-refractivity contribution in [2.45, 2.75) is 46.3 Å². The van der Waals surface area contributed by atoms with Crippen LogP contribution < -0.4 is 4.74 Å². The molecule has 0 amide bonds. The van der Waals surface area contributed by atoms with Crippen molar-refractivity contribution >= 4 is 5.52 Å². The van der Waals surface area contributed by atoms with Crippen molar-refractivity contribution in [2.75, 3.05) is 0 Å². The van der Waals surface area contributed by atoms with Gasteiger partial charge in [0.05, 0.1) is 17.3 Å². The van der Waals surface area contributed by atoms with Crippen LogP contribution in [-0.2, 0) is 18.6 Å². The van der Waals surface area contributed by atoms with Gasteiger partial charge >= 0.3 is 0 Å². The molecule has 8 nitrogen and oxygen atoms in total. The Labute approximate surface area is 171 Å². The Morgan fingerprint density at radius 3 is 2.67 bits per heavy atom. The topological polar surface area (TPSA) is 83.0 Å². The Kier molecular flexibility index (Phi) is 4.92. The molecular weight excluding hydrogens is 392 g/mol. The van der Waals surface area contributed by atoms with E-state index in [4.69, 9.17) is 4.74 Å². The lowest BCUT2D eigenvalue weighted by molar-refractivity contribution is 0.268. The van der Waals surface area contributed by atoms with Crippen LogP contribution in [0.15, 0.2) is 30.7 Å². The molecule has 4 aromatic rings. The second-order valence-corrected chi connectivity index (χ2v) is 7.80. The Hall–Kier alpha value is -3.43. The highest BCUT2D eigenvalue weighted by Crippen LogP contribution is 2.36. The molecule has 0 fully saturated rings. The Balaban J connectivity index is 1.84. The number of ether oxygens (including phenoxy) is 1. The smallest absolute Gasteiger partial charge is 0.238 e. The van der Waals surface area contributed by atoms with Gasteiger partial charge in [0.1, 0.15) is 24.6 Å². The van der Waals surface area contributed by atoms with Gasteiger partial charge < -0.3 is 4.74 Å². The maximum atomic E-state index is 14.4. The van der Waals surface area contributed by atoms with E-state index in [0.29, 0.717) is 23.8 Å². The SMILES string of the molecule is CCn1ncnc1COc1nn2c(-c3ccc(F)cc3F)nncc2c1C(C)(C)C. The Morgan fingerprint density at radius 1 is 1.17 bits per heavy atom. The quantitative estimate of drug-likeness (QED) is 0.498. The zero-order valence-corrected chi connectivity index (χ0v) is 17.1. The van der Waals surface area contributed by atoms with Crippen molar-refractivity contribution in [1.29, 1.82) is 0 Å². The molecule has 3 heterocycles. The van der Waals surface area contributed by atoms with Crippen LogP contribution in [0.25, 0.3) is 16.9 Å². The molecule has 3 aromatic heterocycles. The van der Waals surface area contributed by atoms with E-state index < -0.39 is 11.6 Å². The molecule has 1 aromatic carbocycles. The normalized spacial score (nSPS) is 11.9. The first-order chi connectivity index (χ1) is 14.3. The lowest BCUT2D eigenvalue weighted by Crippen LogP contribution is -2.14. The summed E-state index contributed by atoms with van der Waals surface area (Å²) in [6, 6.07) is 3.29. The first kappa shape index (κ1) is 19.9. The van der Waals surface area contributed by atoms with E-state index in [1.807, 2.05) is 27.7 Å². The highest BCUT2D eigenvalue weighted by molar-refractivity contribution is 5.66. The molecule has 0 atom stereocenters. The average Bonchev–Trinajstić information content (AvgIpc) is 3.29. The Bertz CT molecular complexity index is 1210. The second-order valence-electron chi connectivity index (χ2n) is 7.80. The molecular formula is C20H21F2N7O. The van der Waals surface area contributed by atoms with E-state index >= 15 is 0 Å². The summed E-state index contributed by atoms with van der Waals surface area (Å²) in [5, 5.41) is 16.8. The molecule has 30 heavy (non-hydrogen) atoms. The van der Waals surface area contributed by atoms with Crippen LogP contribution in [0.4, 0.5) is 8.78 Å². The van der Waals surface area contributed by atoms with Gasteiger partial charge in [-0.05, 0) is 24.5 Å². The first-order valence-electron chi connectivity index (χ1n) is 9.49. The number of aryl methyl sites for hydroxylation is 1. The molecule has 0 aliphatic carbocycles. The molecule has 0 radical (unpaired) electrons. The van der Waals surface area contributed by atoms with Crippen LogP contribution >= 0.6 is 0 Å². The summed E-state index contributed by atoms with van der Waals surface area (Å²) in [6.07, 6.45) is 3.03. The van der Waals surface area contributed by atoms with Crippen LogP contribution in [0.3, 0.4) is 0 Å². The standard InChI is InChI=1S/C20H21F2N7O/c1-5-28-16(23-11-25-28)10-30-19-17(20(2,3)4)15-9-24-26-18(29(15)27-19)13-7-6-12(21)8-14(13)22/h6-9,11H,5,10H2,1-4H3. The van der Waals surface area contributed by atoms with Gasteiger partial charge in [-0.2, -0.15) is 10.2 Å². The zero-order valence-electron chi connectivity index (χ0n) is 17.1. The lowest BCUT2D eigenvalue weighted by Gasteiger charge is -2.18.